The van der Waals surface area contributed by atoms with E-state index in [2.05, 4.69) is 25.1 Å². The number of amides is 1. The molecule has 3 aromatic rings. The molecule has 0 aliphatic carbocycles. The lowest BCUT2D eigenvalue weighted by Crippen LogP contribution is -2.27. The van der Waals surface area contributed by atoms with Gasteiger partial charge in [-0.2, -0.15) is 0 Å². The van der Waals surface area contributed by atoms with Crippen molar-refractivity contribution in [3.05, 3.63) is 65.7 Å². The summed E-state index contributed by atoms with van der Waals surface area (Å²) < 4.78 is 16.8. The number of carbonyl (C=O) groups excluding carboxylic acids is 1. The average Bonchev–Trinajstić information content (AvgIpc) is 2.81. The van der Waals surface area contributed by atoms with Crippen molar-refractivity contribution in [2.24, 2.45) is 0 Å². The lowest BCUT2D eigenvalue weighted by Gasteiger charge is -2.21. The summed E-state index contributed by atoms with van der Waals surface area (Å²) in [5.74, 6) is 2.27. The summed E-state index contributed by atoms with van der Waals surface area (Å²) in [7, 11) is 5.08. The van der Waals surface area contributed by atoms with Crippen LogP contribution in [-0.4, -0.2) is 38.7 Å². The highest BCUT2D eigenvalue weighted by Gasteiger charge is 2.17. The monoisotopic (exact) mass is 421 g/mol. The molecule has 0 saturated carbocycles. The molecule has 31 heavy (non-hydrogen) atoms. The lowest BCUT2D eigenvalue weighted by atomic mass is 10.0. The van der Waals surface area contributed by atoms with E-state index in [0.717, 1.165) is 34.1 Å². The Morgan fingerprint density at radius 2 is 1.74 bits per heavy atom. The molecular weight excluding hydrogens is 390 g/mol. The number of nitrogens with zero attached hydrogens (tertiary/aromatic N) is 1. The molecule has 0 unspecified atom stereocenters. The number of ether oxygens (including phenoxy) is 3. The van der Waals surface area contributed by atoms with E-state index in [1.807, 2.05) is 43.4 Å². The number of hydrogen-bond acceptors (Lipinski definition) is 4. The third-order valence-electron chi connectivity index (χ3n) is 5.37. The molecule has 5 heteroatoms. The molecule has 0 aliphatic heterocycles. The van der Waals surface area contributed by atoms with Gasteiger partial charge in [0, 0.05) is 25.6 Å². The van der Waals surface area contributed by atoms with Crippen LogP contribution >= 0.6 is 0 Å². The molecule has 0 spiro atoms. The van der Waals surface area contributed by atoms with Crippen molar-refractivity contribution in [1.82, 2.24) is 4.90 Å². The second-order valence-electron chi connectivity index (χ2n) is 7.51. The number of carbonyl (C=O) groups is 1. The van der Waals surface area contributed by atoms with Gasteiger partial charge in [-0.1, -0.05) is 49.4 Å². The summed E-state index contributed by atoms with van der Waals surface area (Å²) in [6, 6.07) is 18.0. The zero-order chi connectivity index (χ0) is 22.2. The second kappa shape index (κ2) is 10.7. The summed E-state index contributed by atoms with van der Waals surface area (Å²) in [6.07, 6.45) is 1.90. The molecule has 0 radical (unpaired) electrons. The quantitative estimate of drug-likeness (QED) is 0.449. The van der Waals surface area contributed by atoms with Crippen molar-refractivity contribution in [2.45, 2.75) is 32.7 Å². The van der Waals surface area contributed by atoms with Gasteiger partial charge in [-0.25, -0.2) is 0 Å². The molecular formula is C26H31NO4. The van der Waals surface area contributed by atoms with Gasteiger partial charge >= 0.3 is 0 Å². The van der Waals surface area contributed by atoms with Crippen molar-refractivity contribution in [2.75, 3.05) is 27.9 Å². The highest BCUT2D eigenvalue weighted by Crippen LogP contribution is 2.32. The first-order valence-corrected chi connectivity index (χ1v) is 10.7. The third-order valence-corrected chi connectivity index (χ3v) is 5.37. The first-order chi connectivity index (χ1) is 15.1. The Balaban J connectivity index is 1.76. The maximum absolute atomic E-state index is 12.9. The Labute approximate surface area is 184 Å². The van der Waals surface area contributed by atoms with E-state index in [-0.39, 0.29) is 5.91 Å². The van der Waals surface area contributed by atoms with E-state index < -0.39 is 0 Å². The number of hydrogen-bond donors (Lipinski definition) is 0. The lowest BCUT2D eigenvalue weighted by molar-refractivity contribution is -0.130. The van der Waals surface area contributed by atoms with E-state index in [1.54, 1.807) is 19.1 Å². The fourth-order valence-corrected chi connectivity index (χ4v) is 3.73. The molecule has 0 heterocycles. The van der Waals surface area contributed by atoms with Crippen LogP contribution in [0.25, 0.3) is 10.8 Å². The van der Waals surface area contributed by atoms with Crippen molar-refractivity contribution < 1.29 is 19.0 Å². The molecule has 5 nitrogen and oxygen atoms in total. The summed E-state index contributed by atoms with van der Waals surface area (Å²) in [5.41, 5.74) is 2.00. The van der Waals surface area contributed by atoms with Crippen molar-refractivity contribution in [1.29, 1.82) is 0 Å². The molecule has 0 bridgehead atoms. The summed E-state index contributed by atoms with van der Waals surface area (Å²) in [6.45, 7) is 3.23. The number of fused-ring (bicyclic) bond motifs is 1. The summed E-state index contributed by atoms with van der Waals surface area (Å²) >= 11 is 0. The van der Waals surface area contributed by atoms with Crippen LogP contribution in [0, 0.1) is 0 Å². The molecule has 0 aromatic heterocycles. The van der Waals surface area contributed by atoms with Crippen LogP contribution in [0.2, 0.25) is 0 Å². The molecule has 0 fully saturated rings. The number of benzene rings is 3. The van der Waals surface area contributed by atoms with Crippen LogP contribution in [0.1, 0.15) is 30.9 Å². The van der Waals surface area contributed by atoms with Crippen LogP contribution < -0.4 is 14.2 Å². The first kappa shape index (κ1) is 22.5. The maximum Gasteiger partial charge on any atom is 0.222 e. The van der Waals surface area contributed by atoms with Crippen LogP contribution in [-0.2, 0) is 17.8 Å². The van der Waals surface area contributed by atoms with E-state index in [9.17, 15) is 4.79 Å². The first-order valence-electron chi connectivity index (χ1n) is 10.7. The van der Waals surface area contributed by atoms with Gasteiger partial charge in [0.05, 0.1) is 20.8 Å². The number of methoxy groups -OCH3 is 2. The zero-order valence-electron chi connectivity index (χ0n) is 18.8. The molecule has 3 rings (SSSR count). The minimum absolute atomic E-state index is 0.0687. The third kappa shape index (κ3) is 5.29. The molecule has 0 atom stereocenters. The van der Waals surface area contributed by atoms with Gasteiger partial charge in [0.25, 0.3) is 0 Å². The molecule has 3 aromatic carbocycles. The Morgan fingerprint density at radius 3 is 2.48 bits per heavy atom. The van der Waals surface area contributed by atoms with E-state index in [4.69, 9.17) is 14.2 Å². The van der Waals surface area contributed by atoms with Crippen molar-refractivity contribution in [3.8, 4) is 17.2 Å². The topological polar surface area (TPSA) is 48.0 Å². The van der Waals surface area contributed by atoms with Crippen LogP contribution in [0.3, 0.4) is 0 Å². The summed E-state index contributed by atoms with van der Waals surface area (Å²) in [5, 5.41) is 2.26. The Morgan fingerprint density at radius 1 is 0.935 bits per heavy atom. The van der Waals surface area contributed by atoms with Gasteiger partial charge in [0.1, 0.15) is 5.75 Å². The highest BCUT2D eigenvalue weighted by atomic mass is 16.5. The van der Waals surface area contributed by atoms with Crippen molar-refractivity contribution >= 4 is 16.7 Å². The number of rotatable bonds is 10. The number of aryl methyl sites for hydroxylation is 1. The standard InChI is InChI=1S/C26H31NO4/c1-5-17-31-23-15-13-19-9-6-7-11-21(19)22(23)18-27(2)25(28)16-14-20-10-8-12-24(29-3)26(20)30-4/h6-13,15H,5,14,16-18H2,1-4H3. The second-order valence-corrected chi connectivity index (χ2v) is 7.51. The minimum Gasteiger partial charge on any atom is -0.493 e. The molecule has 164 valence electrons. The minimum atomic E-state index is 0.0687. The highest BCUT2D eigenvalue weighted by molar-refractivity contribution is 5.88. The van der Waals surface area contributed by atoms with Crippen molar-refractivity contribution in [3.63, 3.8) is 0 Å². The Hall–Kier alpha value is -3.21. The Kier molecular flexibility index (Phi) is 7.76. The van der Waals surface area contributed by atoms with Gasteiger partial charge in [-0.15, -0.1) is 0 Å². The van der Waals surface area contributed by atoms with Crippen LogP contribution in [0.4, 0.5) is 0 Å². The van der Waals surface area contributed by atoms with Gasteiger partial charge in [0.2, 0.25) is 5.91 Å². The predicted octanol–water partition coefficient (Wildman–Crippen LogP) is 5.24. The fourth-order valence-electron chi connectivity index (χ4n) is 3.73. The van der Waals surface area contributed by atoms with Crippen LogP contribution in [0.15, 0.2) is 54.6 Å². The fraction of sp³-hybridized carbons (Fsp3) is 0.346. The predicted molar refractivity (Wildman–Crippen MR) is 124 cm³/mol. The smallest absolute Gasteiger partial charge is 0.222 e. The van der Waals surface area contributed by atoms with Gasteiger partial charge in [0.15, 0.2) is 11.5 Å². The maximum atomic E-state index is 12.9. The van der Waals surface area contributed by atoms with E-state index in [1.165, 1.54) is 0 Å². The average molecular weight is 422 g/mol. The van der Waals surface area contributed by atoms with E-state index in [0.29, 0.717) is 37.5 Å². The molecule has 0 aliphatic rings. The van der Waals surface area contributed by atoms with Gasteiger partial charge in [-0.3, -0.25) is 4.79 Å². The Bertz CT molecular complexity index is 1030. The molecule has 0 saturated heterocycles. The van der Waals surface area contributed by atoms with Gasteiger partial charge in [-0.05, 0) is 41.3 Å². The zero-order valence-corrected chi connectivity index (χ0v) is 18.8. The summed E-state index contributed by atoms with van der Waals surface area (Å²) in [4.78, 5) is 14.7. The number of para-hydroxylation sites is 1. The largest absolute Gasteiger partial charge is 0.493 e. The van der Waals surface area contributed by atoms with E-state index >= 15 is 0 Å². The van der Waals surface area contributed by atoms with Gasteiger partial charge < -0.3 is 19.1 Å². The van der Waals surface area contributed by atoms with Crippen LogP contribution in [0.5, 0.6) is 17.2 Å². The normalized spacial score (nSPS) is 10.7. The SMILES string of the molecule is CCCOc1ccc2ccccc2c1CN(C)C(=O)CCc1cccc(OC)c1OC. The molecule has 0 N–H and O–H groups in total. The molecule has 1 amide bonds.